The molecule has 0 radical (unpaired) electrons. The molecule has 1 atom stereocenters. The van der Waals surface area contributed by atoms with Gasteiger partial charge in [-0.3, -0.25) is 9.59 Å². The molecule has 1 aliphatic rings. The fraction of sp³-hybridized carbons (Fsp3) is 0.467. The normalized spacial score (nSPS) is 19.6. The van der Waals surface area contributed by atoms with E-state index in [1.165, 1.54) is 17.0 Å². The lowest BCUT2D eigenvalue weighted by atomic mass is 9.91. The summed E-state index contributed by atoms with van der Waals surface area (Å²) in [7, 11) is 0. The first kappa shape index (κ1) is 13.7. The molecule has 0 bridgehead atoms. The molecule has 0 saturated carbocycles. The fourth-order valence-corrected chi connectivity index (χ4v) is 2.55. The smallest absolute Gasteiger partial charge is 0.237 e. The molecule has 1 fully saturated rings. The van der Waals surface area contributed by atoms with Crippen LogP contribution in [0.15, 0.2) is 18.2 Å². The number of piperidine rings is 1. The van der Waals surface area contributed by atoms with Crippen LogP contribution >= 0.6 is 0 Å². The van der Waals surface area contributed by atoms with Crippen LogP contribution in [0.1, 0.15) is 31.7 Å². The summed E-state index contributed by atoms with van der Waals surface area (Å²) in [5.41, 5.74) is 1.32. The number of Topliss-reactive ketones (excluding diaryl/α,β-unsaturated/α-hetero) is 1. The Morgan fingerprint density at radius 1 is 1.42 bits per heavy atom. The van der Waals surface area contributed by atoms with Crippen molar-refractivity contribution in [3.8, 4) is 0 Å². The van der Waals surface area contributed by atoms with Gasteiger partial charge in [0.2, 0.25) is 5.91 Å². The van der Waals surface area contributed by atoms with E-state index in [9.17, 15) is 14.0 Å². The van der Waals surface area contributed by atoms with Crippen molar-refractivity contribution in [3.05, 3.63) is 29.6 Å². The Morgan fingerprint density at radius 2 is 2.16 bits per heavy atom. The van der Waals surface area contributed by atoms with Gasteiger partial charge in [0.15, 0.2) is 0 Å². The standard InChI is InChI=1S/C15H18FNO2/c1-3-14(18)13-5-4-6-17(15(13)19)12-8-10(2)7-11(16)9-12/h7-9,13H,3-6H2,1-2H3. The number of hydrogen-bond acceptors (Lipinski definition) is 2. The Labute approximate surface area is 112 Å². The largest absolute Gasteiger partial charge is 0.312 e. The summed E-state index contributed by atoms with van der Waals surface area (Å²) in [6.07, 6.45) is 1.75. The van der Waals surface area contributed by atoms with E-state index in [0.29, 0.717) is 25.1 Å². The number of carbonyl (C=O) groups excluding carboxylic acids is 2. The summed E-state index contributed by atoms with van der Waals surface area (Å²) in [5.74, 6) is -1.13. The number of aryl methyl sites for hydroxylation is 1. The molecule has 1 amide bonds. The van der Waals surface area contributed by atoms with Gasteiger partial charge < -0.3 is 4.90 Å². The Bertz CT molecular complexity index is 493. The van der Waals surface area contributed by atoms with Crippen LogP contribution in [-0.4, -0.2) is 18.2 Å². The van der Waals surface area contributed by atoms with Crippen LogP contribution in [-0.2, 0) is 9.59 Å². The van der Waals surface area contributed by atoms with E-state index in [0.717, 1.165) is 12.0 Å². The first-order valence-corrected chi connectivity index (χ1v) is 6.64. The molecule has 1 saturated heterocycles. The van der Waals surface area contributed by atoms with Gasteiger partial charge in [0.05, 0.1) is 5.92 Å². The van der Waals surface area contributed by atoms with Gasteiger partial charge in [-0.05, 0) is 43.5 Å². The third kappa shape index (κ3) is 2.83. The van der Waals surface area contributed by atoms with Crippen molar-refractivity contribution >= 4 is 17.4 Å². The Kier molecular flexibility index (Phi) is 3.98. The molecular formula is C15H18FNO2. The number of nitrogens with zero attached hydrogens (tertiary/aromatic N) is 1. The maximum absolute atomic E-state index is 13.4. The molecule has 4 heteroatoms. The summed E-state index contributed by atoms with van der Waals surface area (Å²) in [6, 6.07) is 4.55. The molecular weight excluding hydrogens is 245 g/mol. The van der Waals surface area contributed by atoms with Gasteiger partial charge in [0, 0.05) is 18.7 Å². The molecule has 2 rings (SSSR count). The van der Waals surface area contributed by atoms with Gasteiger partial charge in [-0.2, -0.15) is 0 Å². The molecule has 102 valence electrons. The number of halogens is 1. The molecule has 1 aromatic rings. The van der Waals surface area contributed by atoms with E-state index >= 15 is 0 Å². The number of ketones is 1. The number of amides is 1. The van der Waals surface area contributed by atoms with Gasteiger partial charge in [-0.1, -0.05) is 6.92 Å². The zero-order valence-corrected chi connectivity index (χ0v) is 11.3. The molecule has 1 aliphatic heterocycles. The van der Waals surface area contributed by atoms with E-state index in [2.05, 4.69) is 0 Å². The van der Waals surface area contributed by atoms with Gasteiger partial charge >= 0.3 is 0 Å². The number of anilines is 1. The Morgan fingerprint density at radius 3 is 2.79 bits per heavy atom. The van der Waals surface area contributed by atoms with Crippen LogP contribution < -0.4 is 4.90 Å². The highest BCUT2D eigenvalue weighted by Crippen LogP contribution is 2.27. The molecule has 3 nitrogen and oxygen atoms in total. The molecule has 1 unspecified atom stereocenters. The molecule has 0 aromatic heterocycles. The molecule has 0 aliphatic carbocycles. The van der Waals surface area contributed by atoms with Gasteiger partial charge in [0.1, 0.15) is 11.6 Å². The average molecular weight is 263 g/mol. The third-order valence-electron chi connectivity index (χ3n) is 3.51. The summed E-state index contributed by atoms with van der Waals surface area (Å²) >= 11 is 0. The van der Waals surface area contributed by atoms with Crippen molar-refractivity contribution in [1.82, 2.24) is 0 Å². The second-order valence-electron chi connectivity index (χ2n) is 4.99. The average Bonchev–Trinajstić information content (AvgIpc) is 2.37. The minimum absolute atomic E-state index is 0.0252. The van der Waals surface area contributed by atoms with Crippen molar-refractivity contribution in [3.63, 3.8) is 0 Å². The van der Waals surface area contributed by atoms with E-state index in [-0.39, 0.29) is 17.5 Å². The highest BCUT2D eigenvalue weighted by Gasteiger charge is 2.33. The van der Waals surface area contributed by atoms with E-state index in [1.807, 2.05) is 0 Å². The number of benzene rings is 1. The Hall–Kier alpha value is -1.71. The predicted octanol–water partition coefficient (Wildman–Crippen LogP) is 2.86. The van der Waals surface area contributed by atoms with Crippen LogP contribution in [0.25, 0.3) is 0 Å². The van der Waals surface area contributed by atoms with E-state index in [4.69, 9.17) is 0 Å². The topological polar surface area (TPSA) is 37.4 Å². The van der Waals surface area contributed by atoms with Crippen molar-refractivity contribution in [1.29, 1.82) is 0 Å². The van der Waals surface area contributed by atoms with E-state index in [1.54, 1.807) is 19.9 Å². The van der Waals surface area contributed by atoms with Crippen molar-refractivity contribution in [2.45, 2.75) is 33.1 Å². The quantitative estimate of drug-likeness (QED) is 0.786. The molecule has 1 heterocycles. The third-order valence-corrected chi connectivity index (χ3v) is 3.51. The summed E-state index contributed by atoms with van der Waals surface area (Å²) in [6.45, 7) is 4.10. The second kappa shape index (κ2) is 5.51. The number of carbonyl (C=O) groups is 2. The van der Waals surface area contributed by atoms with Crippen molar-refractivity contribution in [2.24, 2.45) is 5.92 Å². The zero-order valence-electron chi connectivity index (χ0n) is 11.3. The monoisotopic (exact) mass is 263 g/mol. The SMILES string of the molecule is CCC(=O)C1CCCN(c2cc(C)cc(F)c2)C1=O. The van der Waals surface area contributed by atoms with Gasteiger partial charge in [0.25, 0.3) is 0 Å². The van der Waals surface area contributed by atoms with Gasteiger partial charge in [-0.25, -0.2) is 4.39 Å². The van der Waals surface area contributed by atoms with Crippen LogP contribution in [0.5, 0.6) is 0 Å². The predicted molar refractivity (Wildman–Crippen MR) is 71.5 cm³/mol. The minimum Gasteiger partial charge on any atom is -0.312 e. The first-order valence-electron chi connectivity index (χ1n) is 6.64. The van der Waals surface area contributed by atoms with Crippen molar-refractivity contribution < 1.29 is 14.0 Å². The highest BCUT2D eigenvalue weighted by molar-refractivity contribution is 6.08. The zero-order chi connectivity index (χ0) is 14.0. The number of rotatable bonds is 3. The van der Waals surface area contributed by atoms with Crippen LogP contribution in [0, 0.1) is 18.7 Å². The van der Waals surface area contributed by atoms with Gasteiger partial charge in [-0.15, -0.1) is 0 Å². The second-order valence-corrected chi connectivity index (χ2v) is 4.99. The maximum atomic E-state index is 13.4. The lowest BCUT2D eigenvalue weighted by molar-refractivity contribution is -0.133. The van der Waals surface area contributed by atoms with Crippen molar-refractivity contribution in [2.75, 3.05) is 11.4 Å². The minimum atomic E-state index is -0.553. The molecule has 1 aromatic carbocycles. The van der Waals surface area contributed by atoms with Crippen LogP contribution in [0.3, 0.4) is 0 Å². The molecule has 19 heavy (non-hydrogen) atoms. The van der Waals surface area contributed by atoms with E-state index < -0.39 is 5.92 Å². The fourth-order valence-electron chi connectivity index (χ4n) is 2.55. The summed E-state index contributed by atoms with van der Waals surface area (Å²) in [4.78, 5) is 25.6. The first-order chi connectivity index (χ1) is 9.02. The number of hydrogen-bond donors (Lipinski definition) is 0. The molecule has 0 N–H and O–H groups in total. The van der Waals surface area contributed by atoms with Crippen LogP contribution in [0.4, 0.5) is 10.1 Å². The summed E-state index contributed by atoms with van der Waals surface area (Å²) < 4.78 is 13.4. The summed E-state index contributed by atoms with van der Waals surface area (Å²) in [5, 5.41) is 0. The maximum Gasteiger partial charge on any atom is 0.237 e. The highest BCUT2D eigenvalue weighted by atomic mass is 19.1. The Balaban J connectivity index is 2.29. The lowest BCUT2D eigenvalue weighted by Gasteiger charge is -2.31. The molecule has 0 spiro atoms. The van der Waals surface area contributed by atoms with Crippen LogP contribution in [0.2, 0.25) is 0 Å². The lowest BCUT2D eigenvalue weighted by Crippen LogP contribution is -2.44.